The van der Waals surface area contributed by atoms with Crippen LogP contribution >= 0.6 is 0 Å². The van der Waals surface area contributed by atoms with Crippen LogP contribution < -0.4 is 0 Å². The number of benzene rings is 1. The van der Waals surface area contributed by atoms with E-state index in [1.54, 1.807) is 42.2 Å². The highest BCUT2D eigenvalue weighted by Crippen LogP contribution is 2.24. The van der Waals surface area contributed by atoms with Crippen LogP contribution in [-0.4, -0.2) is 54.2 Å². The van der Waals surface area contributed by atoms with Gasteiger partial charge in [0.1, 0.15) is 0 Å². The normalized spacial score (nSPS) is 13.2. The Labute approximate surface area is 117 Å². The topological polar surface area (TPSA) is 70.1 Å². The molecule has 0 radical (unpaired) electrons. The molecule has 2 rings (SSSR count). The monoisotopic (exact) mass is 278 g/mol. The van der Waals surface area contributed by atoms with Gasteiger partial charge in [0.15, 0.2) is 0 Å². The number of methoxy groups -OCH3 is 1. The molecule has 0 aromatic heterocycles. The minimum absolute atomic E-state index is 0.0740. The summed E-state index contributed by atoms with van der Waals surface area (Å²) in [4.78, 5) is 26.5. The number of carbonyl (C=O) groups excluding carboxylic acids is 1. The third-order valence-corrected chi connectivity index (χ3v) is 3.40. The molecule has 1 aliphatic rings. The van der Waals surface area contributed by atoms with Gasteiger partial charge in [-0.3, -0.25) is 0 Å². The molecule has 1 N–H and O–H groups in total. The molecular weight excluding hydrogens is 260 g/mol. The predicted octanol–water partition coefficient (Wildman–Crippen LogP) is 1.40. The van der Waals surface area contributed by atoms with Crippen LogP contribution in [0.3, 0.4) is 0 Å². The fourth-order valence-electron chi connectivity index (χ4n) is 2.23. The maximum Gasteiger partial charge on any atom is 0.335 e. The van der Waals surface area contributed by atoms with E-state index >= 15 is 0 Å². The highest BCUT2D eigenvalue weighted by Gasteiger charge is 2.26. The Kier molecular flexibility index (Phi) is 4.24. The first-order valence-corrected chi connectivity index (χ1v) is 6.37. The second-order valence-electron chi connectivity index (χ2n) is 4.84. The van der Waals surface area contributed by atoms with Gasteiger partial charge in [-0.2, -0.15) is 0 Å². The number of urea groups is 1. The van der Waals surface area contributed by atoms with Crippen LogP contribution in [0.1, 0.15) is 21.5 Å². The second kappa shape index (κ2) is 5.92. The van der Waals surface area contributed by atoms with Crippen molar-refractivity contribution >= 4 is 12.0 Å². The maximum atomic E-state index is 12.2. The lowest BCUT2D eigenvalue weighted by atomic mass is 10.1. The molecule has 0 bridgehead atoms. The summed E-state index contributed by atoms with van der Waals surface area (Å²) in [6.45, 7) is 1.99. The summed E-state index contributed by atoms with van der Waals surface area (Å²) >= 11 is 0. The fraction of sp³-hybridized carbons (Fsp3) is 0.429. The molecule has 1 aliphatic heterocycles. The van der Waals surface area contributed by atoms with Crippen molar-refractivity contribution < 1.29 is 19.4 Å². The fourth-order valence-corrected chi connectivity index (χ4v) is 2.23. The van der Waals surface area contributed by atoms with Gasteiger partial charge in [0, 0.05) is 33.8 Å². The van der Waals surface area contributed by atoms with Crippen molar-refractivity contribution in [3.8, 4) is 0 Å². The van der Waals surface area contributed by atoms with Gasteiger partial charge in [0.05, 0.1) is 12.2 Å². The van der Waals surface area contributed by atoms with Gasteiger partial charge in [-0.1, -0.05) is 6.07 Å². The van der Waals surface area contributed by atoms with E-state index in [0.29, 0.717) is 26.2 Å². The number of aromatic carboxylic acids is 1. The van der Waals surface area contributed by atoms with Crippen LogP contribution in [0, 0.1) is 0 Å². The first-order chi connectivity index (χ1) is 9.52. The molecule has 2 amide bonds. The Morgan fingerprint density at radius 1 is 1.35 bits per heavy atom. The van der Waals surface area contributed by atoms with Crippen LogP contribution in [0.2, 0.25) is 0 Å². The highest BCUT2D eigenvalue weighted by atomic mass is 16.5. The van der Waals surface area contributed by atoms with Crippen LogP contribution in [0.5, 0.6) is 0 Å². The number of rotatable bonds is 4. The maximum absolute atomic E-state index is 12.2. The van der Waals surface area contributed by atoms with E-state index in [9.17, 15) is 9.59 Å². The summed E-state index contributed by atoms with van der Waals surface area (Å²) in [7, 11) is 3.32. The smallest absolute Gasteiger partial charge is 0.335 e. The lowest BCUT2D eigenvalue weighted by Gasteiger charge is -2.24. The number of hydrogen-bond donors (Lipinski definition) is 1. The van der Waals surface area contributed by atoms with E-state index in [1.165, 1.54) is 0 Å². The Bertz CT molecular complexity index is 530. The zero-order chi connectivity index (χ0) is 14.7. The molecule has 0 aliphatic carbocycles. The number of nitrogens with zero attached hydrogens (tertiary/aromatic N) is 2. The van der Waals surface area contributed by atoms with Crippen LogP contribution in [-0.2, 0) is 17.8 Å². The molecular formula is C14H18N2O4. The van der Waals surface area contributed by atoms with Crippen molar-refractivity contribution in [3.63, 3.8) is 0 Å². The van der Waals surface area contributed by atoms with Crippen molar-refractivity contribution in [1.29, 1.82) is 0 Å². The zero-order valence-electron chi connectivity index (χ0n) is 11.6. The first-order valence-electron chi connectivity index (χ1n) is 6.37. The van der Waals surface area contributed by atoms with Crippen molar-refractivity contribution in [2.45, 2.75) is 13.1 Å². The van der Waals surface area contributed by atoms with E-state index in [2.05, 4.69) is 0 Å². The molecule has 108 valence electrons. The minimum Gasteiger partial charge on any atom is -0.478 e. The third kappa shape index (κ3) is 2.91. The largest absolute Gasteiger partial charge is 0.478 e. The molecule has 0 saturated carbocycles. The molecule has 0 unspecified atom stereocenters. The molecule has 0 saturated heterocycles. The van der Waals surface area contributed by atoms with Crippen LogP contribution in [0.25, 0.3) is 0 Å². The molecule has 0 fully saturated rings. The summed E-state index contributed by atoms with van der Waals surface area (Å²) in [5, 5.41) is 8.97. The number of amides is 2. The van der Waals surface area contributed by atoms with E-state index in [1.807, 2.05) is 0 Å². The van der Waals surface area contributed by atoms with Crippen molar-refractivity contribution in [2.75, 3.05) is 27.3 Å². The Morgan fingerprint density at radius 3 is 2.70 bits per heavy atom. The van der Waals surface area contributed by atoms with Gasteiger partial charge in [-0.15, -0.1) is 0 Å². The Balaban J connectivity index is 2.05. The summed E-state index contributed by atoms with van der Waals surface area (Å²) in [6, 6.07) is 4.92. The molecule has 20 heavy (non-hydrogen) atoms. The molecule has 6 nitrogen and oxygen atoms in total. The second-order valence-corrected chi connectivity index (χ2v) is 4.84. The number of fused-ring (bicyclic) bond motifs is 1. The van der Waals surface area contributed by atoms with Gasteiger partial charge in [-0.05, 0) is 23.3 Å². The zero-order valence-corrected chi connectivity index (χ0v) is 11.6. The van der Waals surface area contributed by atoms with Gasteiger partial charge < -0.3 is 19.6 Å². The van der Waals surface area contributed by atoms with Crippen molar-refractivity contribution in [2.24, 2.45) is 0 Å². The van der Waals surface area contributed by atoms with Gasteiger partial charge >= 0.3 is 12.0 Å². The lowest BCUT2D eigenvalue weighted by Crippen LogP contribution is -2.39. The average molecular weight is 278 g/mol. The highest BCUT2D eigenvalue weighted by molar-refractivity contribution is 5.88. The number of likely N-dealkylation sites (N-methyl/N-ethyl adjacent to an activating group) is 1. The number of carboxylic acids is 1. The van der Waals surface area contributed by atoms with Crippen LogP contribution in [0.15, 0.2) is 18.2 Å². The van der Waals surface area contributed by atoms with Gasteiger partial charge in [0.2, 0.25) is 0 Å². The van der Waals surface area contributed by atoms with E-state index in [-0.39, 0.29) is 11.6 Å². The Hall–Kier alpha value is -2.08. The molecule has 0 spiro atoms. The predicted molar refractivity (Wildman–Crippen MR) is 72.6 cm³/mol. The SMILES string of the molecule is COCCN(C)C(=O)N1Cc2ccc(C(=O)O)cc2C1. The lowest BCUT2D eigenvalue weighted by molar-refractivity contribution is 0.0696. The average Bonchev–Trinajstić information content (AvgIpc) is 2.86. The molecule has 6 heteroatoms. The van der Waals surface area contributed by atoms with Gasteiger partial charge in [-0.25, -0.2) is 9.59 Å². The third-order valence-electron chi connectivity index (χ3n) is 3.40. The van der Waals surface area contributed by atoms with E-state index < -0.39 is 5.97 Å². The summed E-state index contributed by atoms with van der Waals surface area (Å²) in [5.41, 5.74) is 2.16. The quantitative estimate of drug-likeness (QED) is 0.903. The summed E-state index contributed by atoms with van der Waals surface area (Å²) in [5.74, 6) is -0.949. The molecule has 1 heterocycles. The van der Waals surface area contributed by atoms with E-state index in [4.69, 9.17) is 9.84 Å². The number of carbonyl (C=O) groups is 2. The van der Waals surface area contributed by atoms with Crippen molar-refractivity contribution in [3.05, 3.63) is 34.9 Å². The number of carboxylic acid groups (broad SMARTS) is 1. The molecule has 0 atom stereocenters. The molecule has 1 aromatic rings. The standard InChI is InChI=1S/C14H18N2O4/c1-15(5-6-20-2)14(19)16-8-11-4-3-10(13(17)18)7-12(11)9-16/h3-4,7H,5-6,8-9H2,1-2H3,(H,17,18). The van der Waals surface area contributed by atoms with E-state index in [0.717, 1.165) is 11.1 Å². The summed E-state index contributed by atoms with van der Waals surface area (Å²) < 4.78 is 4.95. The van der Waals surface area contributed by atoms with Crippen LogP contribution in [0.4, 0.5) is 4.79 Å². The van der Waals surface area contributed by atoms with Crippen molar-refractivity contribution in [1.82, 2.24) is 9.80 Å². The Morgan fingerprint density at radius 2 is 2.05 bits per heavy atom. The molecule has 1 aromatic carbocycles. The number of ether oxygens (including phenoxy) is 1. The van der Waals surface area contributed by atoms with Gasteiger partial charge in [0.25, 0.3) is 0 Å². The minimum atomic E-state index is -0.949. The number of hydrogen-bond acceptors (Lipinski definition) is 3. The summed E-state index contributed by atoms with van der Waals surface area (Å²) in [6.07, 6.45) is 0. The first kappa shape index (κ1) is 14.3.